The van der Waals surface area contributed by atoms with E-state index in [0.717, 1.165) is 33.3 Å². The van der Waals surface area contributed by atoms with E-state index in [-0.39, 0.29) is 11.6 Å². The van der Waals surface area contributed by atoms with Crippen molar-refractivity contribution in [2.45, 2.75) is 18.9 Å². The quantitative estimate of drug-likeness (QED) is 0.331. The number of hydrogen-bond donors (Lipinski definition) is 0. The first-order chi connectivity index (χ1) is 14.0. The van der Waals surface area contributed by atoms with E-state index in [2.05, 4.69) is 10.2 Å². The van der Waals surface area contributed by atoms with Crippen molar-refractivity contribution in [2.75, 3.05) is 5.75 Å². The molecule has 2 aromatic heterocycles. The van der Waals surface area contributed by atoms with Crippen molar-refractivity contribution in [2.24, 2.45) is 7.05 Å². The summed E-state index contributed by atoms with van der Waals surface area (Å²) < 4.78 is 15.3. The molecule has 0 fully saturated rings. The second kappa shape index (κ2) is 7.79. The summed E-state index contributed by atoms with van der Waals surface area (Å²) in [5.74, 6) is 0.0756. The molecule has 4 aromatic rings. The SMILES string of the molecule is Cc1cc(C(=O)CSc2nnc(-c3ccc(F)cc3)c3ccccc23)c(C)n1C. The predicted molar refractivity (Wildman–Crippen MR) is 115 cm³/mol. The van der Waals surface area contributed by atoms with Crippen molar-refractivity contribution in [3.8, 4) is 11.3 Å². The first-order valence-electron chi connectivity index (χ1n) is 9.26. The highest BCUT2D eigenvalue weighted by atomic mass is 32.2. The van der Waals surface area contributed by atoms with Crippen LogP contribution in [0.3, 0.4) is 0 Å². The minimum atomic E-state index is -0.289. The van der Waals surface area contributed by atoms with Crippen LogP contribution in [0.4, 0.5) is 4.39 Å². The fraction of sp³-hybridized carbons (Fsp3) is 0.174. The van der Waals surface area contributed by atoms with Gasteiger partial charge in [-0.2, -0.15) is 0 Å². The Kier molecular flexibility index (Phi) is 5.20. The normalized spacial score (nSPS) is 11.2. The molecule has 0 amide bonds. The van der Waals surface area contributed by atoms with Crippen LogP contribution >= 0.6 is 11.8 Å². The first-order valence-corrected chi connectivity index (χ1v) is 10.2. The number of hydrogen-bond acceptors (Lipinski definition) is 4. The Morgan fingerprint density at radius 3 is 2.38 bits per heavy atom. The standard InChI is InChI=1S/C23H20FN3OS/c1-14-12-20(15(2)27(14)3)21(28)13-29-23-19-7-5-4-6-18(19)22(25-26-23)16-8-10-17(24)11-9-16/h4-12H,13H2,1-3H3. The van der Waals surface area contributed by atoms with Gasteiger partial charge < -0.3 is 4.57 Å². The Bertz CT molecular complexity index is 1220. The molecule has 6 heteroatoms. The van der Waals surface area contributed by atoms with Gasteiger partial charge in [0.1, 0.15) is 16.5 Å². The van der Waals surface area contributed by atoms with E-state index in [9.17, 15) is 9.18 Å². The fourth-order valence-corrected chi connectivity index (χ4v) is 4.21. The van der Waals surface area contributed by atoms with Crippen LogP contribution in [0.5, 0.6) is 0 Å². The molecule has 146 valence electrons. The van der Waals surface area contributed by atoms with Crippen molar-refractivity contribution in [3.63, 3.8) is 0 Å². The molecule has 0 spiro atoms. The van der Waals surface area contributed by atoms with Gasteiger partial charge in [0, 0.05) is 40.3 Å². The monoisotopic (exact) mass is 405 g/mol. The molecule has 4 rings (SSSR count). The molecule has 0 bridgehead atoms. The van der Waals surface area contributed by atoms with Crippen molar-refractivity contribution in [3.05, 3.63) is 77.4 Å². The third-order valence-corrected chi connectivity index (χ3v) is 6.17. The van der Waals surface area contributed by atoms with Gasteiger partial charge >= 0.3 is 0 Å². The summed E-state index contributed by atoms with van der Waals surface area (Å²) in [6.07, 6.45) is 0. The summed E-state index contributed by atoms with van der Waals surface area (Å²) >= 11 is 1.39. The van der Waals surface area contributed by atoms with Crippen LogP contribution in [0.25, 0.3) is 22.0 Å². The van der Waals surface area contributed by atoms with Crippen molar-refractivity contribution in [1.29, 1.82) is 0 Å². The average Bonchev–Trinajstić information content (AvgIpc) is 3.00. The molecule has 0 unspecified atom stereocenters. The second-order valence-electron chi connectivity index (χ2n) is 6.96. The van der Waals surface area contributed by atoms with Crippen LogP contribution in [0, 0.1) is 19.7 Å². The molecular formula is C23H20FN3OS. The highest BCUT2D eigenvalue weighted by Crippen LogP contribution is 2.32. The number of benzene rings is 2. The number of aromatic nitrogens is 3. The average molecular weight is 405 g/mol. The number of thioether (sulfide) groups is 1. The van der Waals surface area contributed by atoms with E-state index in [4.69, 9.17) is 0 Å². The van der Waals surface area contributed by atoms with Crippen LogP contribution in [-0.2, 0) is 7.05 Å². The van der Waals surface area contributed by atoms with E-state index in [0.29, 0.717) is 16.5 Å². The number of ketones is 1. The molecular weight excluding hydrogens is 385 g/mol. The number of carbonyl (C=O) groups excluding carboxylic acids is 1. The summed E-state index contributed by atoms with van der Waals surface area (Å²) in [5.41, 5.74) is 4.28. The van der Waals surface area contributed by atoms with Gasteiger partial charge in [0.25, 0.3) is 0 Å². The van der Waals surface area contributed by atoms with Gasteiger partial charge in [-0.15, -0.1) is 10.2 Å². The molecule has 0 radical (unpaired) electrons. The zero-order valence-electron chi connectivity index (χ0n) is 16.4. The largest absolute Gasteiger partial charge is 0.351 e. The minimum absolute atomic E-state index is 0.0738. The zero-order valence-corrected chi connectivity index (χ0v) is 17.3. The highest BCUT2D eigenvalue weighted by molar-refractivity contribution is 8.00. The number of Topliss-reactive ketones (excluding diaryl/α,β-unsaturated/α-hetero) is 1. The molecule has 0 aliphatic rings. The van der Waals surface area contributed by atoms with E-state index >= 15 is 0 Å². The molecule has 4 nitrogen and oxygen atoms in total. The van der Waals surface area contributed by atoms with Gasteiger partial charge in [-0.05, 0) is 44.2 Å². The highest BCUT2D eigenvalue weighted by Gasteiger charge is 2.17. The maximum absolute atomic E-state index is 13.3. The lowest BCUT2D eigenvalue weighted by Crippen LogP contribution is -2.05. The maximum Gasteiger partial charge on any atom is 0.174 e. The molecule has 2 aromatic carbocycles. The number of fused-ring (bicyclic) bond motifs is 1. The summed E-state index contributed by atoms with van der Waals surface area (Å²) in [7, 11) is 1.96. The van der Waals surface area contributed by atoms with Crippen molar-refractivity contribution < 1.29 is 9.18 Å². The van der Waals surface area contributed by atoms with Gasteiger partial charge in [0.2, 0.25) is 0 Å². The number of rotatable bonds is 5. The second-order valence-corrected chi connectivity index (χ2v) is 7.93. The Morgan fingerprint density at radius 2 is 1.72 bits per heavy atom. The van der Waals surface area contributed by atoms with Gasteiger partial charge in [-0.25, -0.2) is 4.39 Å². The Hall–Kier alpha value is -2.99. The number of carbonyl (C=O) groups is 1. The minimum Gasteiger partial charge on any atom is -0.351 e. The fourth-order valence-electron chi connectivity index (χ4n) is 3.36. The summed E-state index contributed by atoms with van der Waals surface area (Å²) in [6, 6.07) is 16.0. The van der Waals surface area contributed by atoms with Crippen LogP contribution in [0.15, 0.2) is 59.6 Å². The van der Waals surface area contributed by atoms with E-state index in [1.54, 1.807) is 12.1 Å². The van der Waals surface area contributed by atoms with Gasteiger partial charge in [0.15, 0.2) is 5.78 Å². The first kappa shape index (κ1) is 19.3. The zero-order chi connectivity index (χ0) is 20.5. The molecule has 0 atom stereocenters. The van der Waals surface area contributed by atoms with Crippen LogP contribution in [-0.4, -0.2) is 26.3 Å². The lowest BCUT2D eigenvalue weighted by Gasteiger charge is -2.09. The topological polar surface area (TPSA) is 47.8 Å². The molecule has 0 saturated carbocycles. The lowest BCUT2D eigenvalue weighted by molar-refractivity contribution is 0.102. The molecule has 2 heterocycles. The smallest absolute Gasteiger partial charge is 0.174 e. The summed E-state index contributed by atoms with van der Waals surface area (Å²) in [4.78, 5) is 12.7. The summed E-state index contributed by atoms with van der Waals surface area (Å²) in [5, 5.41) is 11.3. The number of halogens is 1. The molecule has 0 N–H and O–H groups in total. The summed E-state index contributed by atoms with van der Waals surface area (Å²) in [6.45, 7) is 3.95. The molecule has 0 saturated heterocycles. The maximum atomic E-state index is 13.3. The van der Waals surface area contributed by atoms with E-state index in [1.165, 1.54) is 23.9 Å². The van der Waals surface area contributed by atoms with Crippen LogP contribution < -0.4 is 0 Å². The lowest BCUT2D eigenvalue weighted by atomic mass is 10.1. The van der Waals surface area contributed by atoms with Crippen LogP contribution in [0.2, 0.25) is 0 Å². The van der Waals surface area contributed by atoms with Gasteiger partial charge in [-0.3, -0.25) is 4.79 Å². The van der Waals surface area contributed by atoms with Crippen molar-refractivity contribution in [1.82, 2.24) is 14.8 Å². The predicted octanol–water partition coefficient (Wildman–Crippen LogP) is 5.37. The Labute approximate surface area is 172 Å². The van der Waals surface area contributed by atoms with Crippen LogP contribution in [0.1, 0.15) is 21.7 Å². The van der Waals surface area contributed by atoms with Gasteiger partial charge in [0.05, 0.1) is 5.75 Å². The van der Waals surface area contributed by atoms with Gasteiger partial charge in [-0.1, -0.05) is 36.0 Å². The molecule has 29 heavy (non-hydrogen) atoms. The molecule has 0 aliphatic heterocycles. The molecule has 0 aliphatic carbocycles. The van der Waals surface area contributed by atoms with E-state index in [1.807, 2.05) is 55.8 Å². The third-order valence-electron chi connectivity index (χ3n) is 5.19. The van der Waals surface area contributed by atoms with E-state index < -0.39 is 0 Å². The Balaban J connectivity index is 1.65. The number of nitrogens with zero attached hydrogens (tertiary/aromatic N) is 3. The third kappa shape index (κ3) is 3.68. The Morgan fingerprint density at radius 1 is 1.03 bits per heavy atom. The number of aryl methyl sites for hydroxylation is 1. The van der Waals surface area contributed by atoms with Crippen molar-refractivity contribution >= 4 is 28.3 Å².